The average molecular weight is 555 g/mol. The lowest BCUT2D eigenvalue weighted by Crippen LogP contribution is -2.53. The SMILES string of the molecule is O=C(O)[C@H](Cc1ccc(F)cc1)NC(=O)[C@H](Cc1ccc(O)cc1)NS(=O)(=O)c1cc(Cl)cc(Cl)c1. The van der Waals surface area contributed by atoms with Gasteiger partial charge in [0.05, 0.1) is 4.90 Å². The van der Waals surface area contributed by atoms with E-state index < -0.39 is 39.8 Å². The molecule has 3 aromatic rings. The fraction of sp³-hybridized carbons (Fsp3) is 0.167. The van der Waals surface area contributed by atoms with Crippen LogP contribution in [0.1, 0.15) is 11.1 Å². The van der Waals surface area contributed by atoms with E-state index in [1.807, 2.05) is 0 Å². The van der Waals surface area contributed by atoms with Gasteiger partial charge in [-0.2, -0.15) is 4.72 Å². The molecule has 0 aromatic heterocycles. The molecule has 4 N–H and O–H groups in total. The number of benzene rings is 3. The van der Waals surface area contributed by atoms with Crippen molar-refractivity contribution >= 4 is 45.1 Å². The van der Waals surface area contributed by atoms with E-state index in [1.165, 1.54) is 42.5 Å². The zero-order valence-corrected chi connectivity index (χ0v) is 20.8. The van der Waals surface area contributed by atoms with Crippen LogP contribution in [0.3, 0.4) is 0 Å². The van der Waals surface area contributed by atoms with E-state index in [0.717, 1.165) is 24.3 Å². The van der Waals surface area contributed by atoms with Gasteiger partial charge >= 0.3 is 5.97 Å². The predicted octanol–water partition coefficient (Wildman–Crippen LogP) is 3.54. The molecule has 0 aliphatic carbocycles. The second-order valence-electron chi connectivity index (χ2n) is 7.88. The first-order valence-electron chi connectivity index (χ1n) is 10.5. The summed E-state index contributed by atoms with van der Waals surface area (Å²) in [5.41, 5.74) is 0.943. The van der Waals surface area contributed by atoms with Crippen LogP contribution in [0.4, 0.5) is 4.39 Å². The van der Waals surface area contributed by atoms with Crippen molar-refractivity contribution < 1.29 is 32.6 Å². The summed E-state index contributed by atoms with van der Waals surface area (Å²) in [4.78, 5) is 24.7. The quantitative estimate of drug-likeness (QED) is 0.303. The van der Waals surface area contributed by atoms with E-state index in [1.54, 1.807) is 0 Å². The third-order valence-electron chi connectivity index (χ3n) is 5.10. The Kier molecular flexibility index (Phi) is 8.91. The number of hydrogen-bond acceptors (Lipinski definition) is 5. The van der Waals surface area contributed by atoms with Gasteiger partial charge in [-0.05, 0) is 60.0 Å². The van der Waals surface area contributed by atoms with Crippen molar-refractivity contribution in [2.75, 3.05) is 0 Å². The molecule has 3 rings (SSSR count). The summed E-state index contributed by atoms with van der Waals surface area (Å²) in [6.07, 6.45) is -0.327. The fourth-order valence-electron chi connectivity index (χ4n) is 3.32. The Balaban J connectivity index is 1.88. The molecule has 0 heterocycles. The first-order valence-corrected chi connectivity index (χ1v) is 12.7. The normalized spacial score (nSPS) is 13.1. The number of aromatic hydroxyl groups is 1. The molecule has 3 aromatic carbocycles. The monoisotopic (exact) mass is 554 g/mol. The van der Waals surface area contributed by atoms with Crippen molar-refractivity contribution in [2.24, 2.45) is 0 Å². The minimum atomic E-state index is -4.32. The number of phenolic OH excluding ortho intramolecular Hbond substituents is 1. The summed E-state index contributed by atoms with van der Waals surface area (Å²) in [5.74, 6) is -2.80. The molecule has 36 heavy (non-hydrogen) atoms. The molecule has 190 valence electrons. The first-order chi connectivity index (χ1) is 16.9. The number of phenols is 1. The fourth-order valence-corrected chi connectivity index (χ4v) is 5.24. The van der Waals surface area contributed by atoms with Crippen molar-refractivity contribution in [2.45, 2.75) is 29.8 Å². The topological polar surface area (TPSA) is 133 Å². The number of sulfonamides is 1. The molecule has 0 saturated carbocycles. The second-order valence-corrected chi connectivity index (χ2v) is 10.5. The molecule has 8 nitrogen and oxygen atoms in total. The van der Waals surface area contributed by atoms with Crippen LogP contribution in [0.5, 0.6) is 5.75 Å². The van der Waals surface area contributed by atoms with E-state index in [2.05, 4.69) is 10.0 Å². The number of halogens is 3. The lowest BCUT2D eigenvalue weighted by molar-refractivity contribution is -0.142. The number of aliphatic carboxylic acids is 1. The molecule has 1 amide bonds. The number of carboxylic acid groups (broad SMARTS) is 1. The van der Waals surface area contributed by atoms with Gasteiger partial charge in [-0.15, -0.1) is 0 Å². The minimum Gasteiger partial charge on any atom is -0.508 e. The summed E-state index contributed by atoms with van der Waals surface area (Å²) < 4.78 is 41.6. The molecule has 0 aliphatic heterocycles. The molecule has 0 spiro atoms. The zero-order valence-electron chi connectivity index (χ0n) is 18.5. The van der Waals surface area contributed by atoms with Crippen molar-refractivity contribution in [1.82, 2.24) is 10.0 Å². The van der Waals surface area contributed by atoms with E-state index >= 15 is 0 Å². The van der Waals surface area contributed by atoms with Crippen LogP contribution in [0.25, 0.3) is 0 Å². The van der Waals surface area contributed by atoms with Gasteiger partial charge in [0.15, 0.2) is 0 Å². The van der Waals surface area contributed by atoms with Crippen LogP contribution in [0.2, 0.25) is 10.0 Å². The van der Waals surface area contributed by atoms with Crippen LogP contribution >= 0.6 is 23.2 Å². The highest BCUT2D eigenvalue weighted by molar-refractivity contribution is 7.89. The highest BCUT2D eigenvalue weighted by atomic mass is 35.5. The Morgan fingerprint density at radius 3 is 1.89 bits per heavy atom. The average Bonchev–Trinajstić information content (AvgIpc) is 2.80. The summed E-state index contributed by atoms with van der Waals surface area (Å²) in [5, 5.41) is 21.6. The molecular weight excluding hydrogens is 534 g/mol. The number of carbonyl (C=O) groups is 2. The highest BCUT2D eigenvalue weighted by Crippen LogP contribution is 2.23. The first kappa shape index (κ1) is 27.4. The van der Waals surface area contributed by atoms with Gasteiger partial charge in [0.25, 0.3) is 0 Å². The van der Waals surface area contributed by atoms with E-state index in [-0.39, 0.29) is 33.5 Å². The lowest BCUT2D eigenvalue weighted by atomic mass is 10.0. The molecule has 12 heteroatoms. The van der Waals surface area contributed by atoms with Gasteiger partial charge in [0, 0.05) is 16.5 Å². The summed E-state index contributed by atoms with van der Waals surface area (Å²) in [6.45, 7) is 0. The number of amides is 1. The second kappa shape index (κ2) is 11.7. The van der Waals surface area contributed by atoms with Gasteiger partial charge in [-0.3, -0.25) is 4.79 Å². The third-order valence-corrected chi connectivity index (χ3v) is 6.99. The van der Waals surface area contributed by atoms with Crippen LogP contribution in [-0.2, 0) is 32.5 Å². The maximum absolute atomic E-state index is 13.2. The van der Waals surface area contributed by atoms with Crippen molar-refractivity contribution in [3.05, 3.63) is 93.7 Å². The summed E-state index contributed by atoms with van der Waals surface area (Å²) >= 11 is 11.8. The van der Waals surface area contributed by atoms with Gasteiger partial charge < -0.3 is 15.5 Å². The lowest BCUT2D eigenvalue weighted by Gasteiger charge is -2.22. The molecule has 0 aliphatic rings. The van der Waals surface area contributed by atoms with Crippen LogP contribution in [-0.4, -0.2) is 42.6 Å². The molecule has 0 unspecified atom stereocenters. The molecule has 0 radical (unpaired) electrons. The number of hydrogen-bond donors (Lipinski definition) is 4. The Bertz CT molecular complexity index is 1330. The van der Waals surface area contributed by atoms with E-state index in [4.69, 9.17) is 23.2 Å². The maximum atomic E-state index is 13.2. The molecule has 0 fully saturated rings. The number of carboxylic acids is 1. The molecule has 0 saturated heterocycles. The standard InChI is InChI=1S/C24H21Cl2FN2O6S/c25-16-11-17(26)13-20(12-16)36(34,35)29-21(9-15-3-7-19(30)8-4-15)23(31)28-22(24(32)33)10-14-1-5-18(27)6-2-14/h1-8,11-13,21-22,29-30H,9-10H2,(H,28,31)(H,32,33)/t21-,22-/m0/s1. The zero-order chi connectivity index (χ0) is 26.5. The van der Waals surface area contributed by atoms with Gasteiger partial charge in [0.1, 0.15) is 23.7 Å². The smallest absolute Gasteiger partial charge is 0.326 e. The van der Waals surface area contributed by atoms with E-state index in [0.29, 0.717) is 11.1 Å². The van der Waals surface area contributed by atoms with Crippen molar-refractivity contribution in [3.8, 4) is 5.75 Å². The van der Waals surface area contributed by atoms with Gasteiger partial charge in [0.2, 0.25) is 15.9 Å². The van der Waals surface area contributed by atoms with E-state index in [9.17, 15) is 32.6 Å². The van der Waals surface area contributed by atoms with Crippen molar-refractivity contribution in [3.63, 3.8) is 0 Å². The largest absolute Gasteiger partial charge is 0.508 e. The highest BCUT2D eigenvalue weighted by Gasteiger charge is 2.30. The third kappa shape index (κ3) is 7.66. The predicted molar refractivity (Wildman–Crippen MR) is 132 cm³/mol. The van der Waals surface area contributed by atoms with Gasteiger partial charge in [-0.1, -0.05) is 47.5 Å². The summed E-state index contributed by atoms with van der Waals surface area (Å²) in [6, 6.07) is 11.6. The van der Waals surface area contributed by atoms with Crippen LogP contribution in [0, 0.1) is 5.82 Å². The summed E-state index contributed by atoms with van der Waals surface area (Å²) in [7, 11) is -4.32. The Hall–Kier alpha value is -3.18. The number of carbonyl (C=O) groups excluding carboxylic acids is 1. The Morgan fingerprint density at radius 2 is 1.36 bits per heavy atom. The molecule has 0 bridgehead atoms. The van der Waals surface area contributed by atoms with Crippen LogP contribution < -0.4 is 10.0 Å². The molecule has 2 atom stereocenters. The minimum absolute atomic E-state index is 0.0286. The Morgan fingerprint density at radius 1 is 0.861 bits per heavy atom. The maximum Gasteiger partial charge on any atom is 0.326 e. The number of nitrogens with one attached hydrogen (secondary N) is 2. The number of rotatable bonds is 10. The Labute approximate surface area is 216 Å². The van der Waals surface area contributed by atoms with Gasteiger partial charge in [-0.25, -0.2) is 17.6 Å². The molecular formula is C24H21Cl2FN2O6S. The van der Waals surface area contributed by atoms with Crippen molar-refractivity contribution in [1.29, 1.82) is 0 Å². The van der Waals surface area contributed by atoms with Crippen LogP contribution in [0.15, 0.2) is 71.6 Å².